The first-order valence-electron chi connectivity index (χ1n) is 8.80. The Bertz CT molecular complexity index is 1180. The highest BCUT2D eigenvalue weighted by Gasteiger charge is 2.18. The largest absolute Gasteiger partial charge is 0.324 e. The molecule has 140 valence electrons. The van der Waals surface area contributed by atoms with Crippen molar-refractivity contribution in [1.29, 1.82) is 5.26 Å². The van der Waals surface area contributed by atoms with Crippen molar-refractivity contribution in [3.05, 3.63) is 96.1 Å². The Morgan fingerprint density at radius 1 is 0.724 bits per heavy atom. The molecule has 0 saturated heterocycles. The smallest absolute Gasteiger partial charge is 0.228 e. The molecule has 0 saturated carbocycles. The molecule has 4 rings (SSSR count). The van der Waals surface area contributed by atoms with Crippen molar-refractivity contribution < 1.29 is 8.78 Å². The Morgan fingerprint density at radius 3 is 1.86 bits per heavy atom. The first kappa shape index (κ1) is 18.3. The van der Waals surface area contributed by atoms with E-state index in [1.807, 2.05) is 60.7 Å². The number of hydrogen-bond donors (Lipinski definition) is 1. The standard InChI is InChI=1S/C23H14F2N4/c24-17-11-16(12-18(25)13-17)22-20(14-26)21(15-7-3-1-4-8-15)28-23(29-22)27-19-9-5-2-6-10-19/h1-13H,(H,27,28,29). The van der Waals surface area contributed by atoms with Gasteiger partial charge in [-0.15, -0.1) is 0 Å². The van der Waals surface area contributed by atoms with E-state index in [4.69, 9.17) is 0 Å². The molecule has 6 heteroatoms. The number of nitrogens with one attached hydrogen (secondary N) is 1. The first-order valence-corrected chi connectivity index (χ1v) is 8.80. The van der Waals surface area contributed by atoms with Crippen LogP contribution in [0.5, 0.6) is 0 Å². The lowest BCUT2D eigenvalue weighted by molar-refractivity contribution is 0.584. The quantitative estimate of drug-likeness (QED) is 0.490. The Balaban J connectivity index is 1.95. The molecular formula is C23H14F2N4. The highest BCUT2D eigenvalue weighted by Crippen LogP contribution is 2.32. The number of benzene rings is 3. The maximum absolute atomic E-state index is 13.8. The van der Waals surface area contributed by atoms with E-state index in [9.17, 15) is 14.0 Å². The highest BCUT2D eigenvalue weighted by atomic mass is 19.1. The second-order valence-electron chi connectivity index (χ2n) is 6.25. The molecule has 0 atom stereocenters. The molecule has 0 aliphatic rings. The maximum Gasteiger partial charge on any atom is 0.228 e. The summed E-state index contributed by atoms with van der Waals surface area (Å²) in [5.41, 5.74) is 2.27. The van der Waals surface area contributed by atoms with E-state index >= 15 is 0 Å². The van der Waals surface area contributed by atoms with Gasteiger partial charge in [0.05, 0.1) is 11.4 Å². The van der Waals surface area contributed by atoms with Crippen LogP contribution in [0.2, 0.25) is 0 Å². The average molecular weight is 384 g/mol. The number of halogens is 2. The van der Waals surface area contributed by atoms with Gasteiger partial charge in [0.25, 0.3) is 0 Å². The molecule has 0 unspecified atom stereocenters. The topological polar surface area (TPSA) is 61.6 Å². The van der Waals surface area contributed by atoms with Crippen LogP contribution in [0.3, 0.4) is 0 Å². The number of anilines is 2. The molecule has 29 heavy (non-hydrogen) atoms. The summed E-state index contributed by atoms with van der Waals surface area (Å²) >= 11 is 0. The molecule has 1 heterocycles. The minimum Gasteiger partial charge on any atom is -0.324 e. The molecule has 1 N–H and O–H groups in total. The van der Waals surface area contributed by atoms with E-state index in [-0.39, 0.29) is 22.8 Å². The number of nitrogens with zero attached hydrogens (tertiary/aromatic N) is 3. The van der Waals surface area contributed by atoms with Crippen LogP contribution in [0.25, 0.3) is 22.5 Å². The van der Waals surface area contributed by atoms with Crippen LogP contribution in [0.4, 0.5) is 20.4 Å². The lowest BCUT2D eigenvalue weighted by Crippen LogP contribution is -2.04. The van der Waals surface area contributed by atoms with E-state index in [0.717, 1.165) is 23.9 Å². The molecule has 0 amide bonds. The zero-order chi connectivity index (χ0) is 20.2. The third-order valence-electron chi connectivity index (χ3n) is 4.23. The molecule has 4 aromatic rings. The number of rotatable bonds is 4. The summed E-state index contributed by atoms with van der Waals surface area (Å²) in [4.78, 5) is 8.91. The first-order chi connectivity index (χ1) is 14.1. The van der Waals surface area contributed by atoms with Gasteiger partial charge in [0.2, 0.25) is 5.95 Å². The van der Waals surface area contributed by atoms with Gasteiger partial charge < -0.3 is 5.32 Å². The minimum atomic E-state index is -0.749. The number of nitriles is 1. The van der Waals surface area contributed by atoms with Crippen LogP contribution in [-0.2, 0) is 0 Å². The minimum absolute atomic E-state index is 0.139. The van der Waals surface area contributed by atoms with Gasteiger partial charge in [-0.2, -0.15) is 5.26 Å². The molecule has 0 aliphatic heterocycles. The van der Waals surface area contributed by atoms with Gasteiger partial charge in [0.1, 0.15) is 23.3 Å². The molecule has 3 aromatic carbocycles. The Morgan fingerprint density at radius 2 is 1.28 bits per heavy atom. The van der Waals surface area contributed by atoms with Gasteiger partial charge >= 0.3 is 0 Å². The Hall–Kier alpha value is -4.11. The van der Waals surface area contributed by atoms with E-state index < -0.39 is 11.6 Å². The zero-order valence-corrected chi connectivity index (χ0v) is 15.1. The average Bonchev–Trinajstić information content (AvgIpc) is 2.74. The van der Waals surface area contributed by atoms with Gasteiger partial charge in [-0.25, -0.2) is 18.7 Å². The van der Waals surface area contributed by atoms with Crippen LogP contribution >= 0.6 is 0 Å². The third-order valence-corrected chi connectivity index (χ3v) is 4.23. The molecular weight excluding hydrogens is 370 g/mol. The van der Waals surface area contributed by atoms with Gasteiger partial charge in [-0.3, -0.25) is 0 Å². The van der Waals surface area contributed by atoms with E-state index in [0.29, 0.717) is 11.3 Å². The van der Waals surface area contributed by atoms with Crippen molar-refractivity contribution in [3.8, 4) is 28.6 Å². The van der Waals surface area contributed by atoms with E-state index in [1.165, 1.54) is 0 Å². The van der Waals surface area contributed by atoms with Gasteiger partial charge in [0.15, 0.2) is 0 Å². The Labute approximate surface area is 166 Å². The van der Waals surface area contributed by atoms with E-state index in [2.05, 4.69) is 21.4 Å². The molecule has 0 spiro atoms. The summed E-state index contributed by atoms with van der Waals surface area (Å²) < 4.78 is 27.7. The predicted octanol–water partition coefficient (Wildman–Crippen LogP) is 5.70. The number of hydrogen-bond acceptors (Lipinski definition) is 4. The molecule has 4 nitrogen and oxygen atoms in total. The normalized spacial score (nSPS) is 10.4. The fourth-order valence-electron chi connectivity index (χ4n) is 2.98. The fraction of sp³-hybridized carbons (Fsp3) is 0. The number of para-hydroxylation sites is 1. The lowest BCUT2D eigenvalue weighted by atomic mass is 10.0. The van der Waals surface area contributed by atoms with Crippen molar-refractivity contribution >= 4 is 11.6 Å². The monoisotopic (exact) mass is 384 g/mol. The molecule has 0 aliphatic carbocycles. The molecule has 0 radical (unpaired) electrons. The summed E-state index contributed by atoms with van der Waals surface area (Å²) in [5.74, 6) is -1.28. The van der Waals surface area contributed by atoms with Crippen LogP contribution in [0, 0.1) is 23.0 Å². The zero-order valence-electron chi connectivity index (χ0n) is 15.1. The fourth-order valence-corrected chi connectivity index (χ4v) is 2.98. The van der Waals surface area contributed by atoms with Crippen LogP contribution in [0.15, 0.2) is 78.9 Å². The summed E-state index contributed by atoms with van der Waals surface area (Å²) in [7, 11) is 0. The maximum atomic E-state index is 13.8. The molecule has 1 aromatic heterocycles. The van der Waals surface area contributed by atoms with Gasteiger partial charge in [-0.05, 0) is 24.3 Å². The summed E-state index contributed by atoms with van der Waals surface area (Å²) in [6, 6.07) is 23.5. The van der Waals surface area contributed by atoms with Crippen molar-refractivity contribution in [1.82, 2.24) is 9.97 Å². The van der Waals surface area contributed by atoms with E-state index in [1.54, 1.807) is 0 Å². The Kier molecular flexibility index (Phi) is 4.95. The van der Waals surface area contributed by atoms with Gasteiger partial charge in [0, 0.05) is 22.9 Å². The van der Waals surface area contributed by atoms with Crippen molar-refractivity contribution in [2.75, 3.05) is 5.32 Å². The summed E-state index contributed by atoms with van der Waals surface area (Å²) in [5, 5.41) is 12.9. The van der Waals surface area contributed by atoms with Crippen LogP contribution in [0.1, 0.15) is 5.56 Å². The van der Waals surface area contributed by atoms with Crippen molar-refractivity contribution in [2.45, 2.75) is 0 Å². The van der Waals surface area contributed by atoms with Crippen molar-refractivity contribution in [3.63, 3.8) is 0 Å². The summed E-state index contributed by atoms with van der Waals surface area (Å²) in [6.07, 6.45) is 0. The van der Waals surface area contributed by atoms with Crippen LogP contribution in [-0.4, -0.2) is 9.97 Å². The lowest BCUT2D eigenvalue weighted by Gasteiger charge is -2.13. The number of aromatic nitrogens is 2. The third kappa shape index (κ3) is 3.94. The highest BCUT2D eigenvalue weighted by molar-refractivity contribution is 5.79. The van der Waals surface area contributed by atoms with Crippen LogP contribution < -0.4 is 5.32 Å². The van der Waals surface area contributed by atoms with Gasteiger partial charge in [-0.1, -0.05) is 48.5 Å². The van der Waals surface area contributed by atoms with Crippen molar-refractivity contribution in [2.24, 2.45) is 0 Å². The second kappa shape index (κ2) is 7.87. The summed E-state index contributed by atoms with van der Waals surface area (Å²) in [6.45, 7) is 0. The second-order valence-corrected chi connectivity index (χ2v) is 6.25. The predicted molar refractivity (Wildman–Crippen MR) is 107 cm³/mol. The SMILES string of the molecule is N#Cc1c(-c2ccccc2)nc(Nc2ccccc2)nc1-c1cc(F)cc(F)c1. The molecule has 0 bridgehead atoms. The molecule has 0 fully saturated rings.